The summed E-state index contributed by atoms with van der Waals surface area (Å²) in [6.07, 6.45) is 106. The molecule has 0 spiro atoms. The number of nitrogens with zero attached hydrogens (tertiary/aromatic N) is 1. The Hall–Kier alpha value is -2.81. The van der Waals surface area contributed by atoms with Crippen LogP contribution in [0.15, 0.2) is 85.1 Å². The number of unbranched alkanes of at least 4 members (excludes halogenated alkanes) is 49. The van der Waals surface area contributed by atoms with E-state index < -0.39 is 26.5 Å². The lowest BCUT2D eigenvalue weighted by Crippen LogP contribution is -2.37. The predicted molar refractivity (Wildman–Crippen MR) is 418 cm³/mol. The fraction of sp³-hybridized carbons (Fsp3) is 0.814. The Morgan fingerprint density at radius 3 is 0.885 bits per heavy atom. The SMILES string of the molecule is CC/C=C\C/C=C\C/C=C\C/C=C\C/C=C\CCCCCCCCCCCCCCCCCCCCCCCC(=O)OC(COC(=O)CCCCCCCCCCCCCCCCCCCCCCCCC/C=C\C/C=C\CCCCCCC)COP(=O)(O)OCC[N+](C)(C)C. The molecule has 560 valence electrons. The molecule has 9 nitrogen and oxygen atoms in total. The molecule has 0 aliphatic rings. The summed E-state index contributed by atoms with van der Waals surface area (Å²) in [5.41, 5.74) is 0. The predicted octanol–water partition coefficient (Wildman–Crippen LogP) is 27.6. The zero-order valence-corrected chi connectivity index (χ0v) is 65.0. The molecule has 96 heavy (non-hydrogen) atoms. The first-order valence-corrected chi connectivity index (χ1v) is 42.8. The van der Waals surface area contributed by atoms with Gasteiger partial charge in [0.15, 0.2) is 6.10 Å². The highest BCUT2D eigenvalue weighted by Gasteiger charge is 2.27. The number of esters is 2. The van der Waals surface area contributed by atoms with Crippen molar-refractivity contribution < 1.29 is 42.1 Å². The first-order chi connectivity index (χ1) is 47.0. The van der Waals surface area contributed by atoms with E-state index in [0.717, 1.165) is 70.6 Å². The van der Waals surface area contributed by atoms with Gasteiger partial charge in [-0.15, -0.1) is 0 Å². The van der Waals surface area contributed by atoms with Gasteiger partial charge < -0.3 is 18.9 Å². The Labute approximate surface area is 596 Å². The number of allylic oxidation sites excluding steroid dienone is 14. The highest BCUT2D eigenvalue weighted by molar-refractivity contribution is 7.47. The number of quaternary nitrogens is 1. The fourth-order valence-corrected chi connectivity index (χ4v) is 12.9. The van der Waals surface area contributed by atoms with Crippen LogP contribution in [-0.2, 0) is 32.7 Å². The minimum atomic E-state index is -4.40. The Morgan fingerprint density at radius 2 is 0.594 bits per heavy atom. The average molecular weight is 1370 g/mol. The number of rotatable bonds is 77. The first-order valence-electron chi connectivity index (χ1n) is 41.3. The third-order valence-electron chi connectivity index (χ3n) is 18.4. The minimum absolute atomic E-state index is 0.0330. The monoisotopic (exact) mass is 1370 g/mol. The molecule has 0 aromatic rings. The van der Waals surface area contributed by atoms with Crippen LogP contribution in [0.3, 0.4) is 0 Å². The minimum Gasteiger partial charge on any atom is -0.462 e. The van der Waals surface area contributed by atoms with E-state index in [-0.39, 0.29) is 25.6 Å². The summed E-state index contributed by atoms with van der Waals surface area (Å²) in [5, 5.41) is 0. The molecule has 0 rings (SSSR count). The van der Waals surface area contributed by atoms with Crippen molar-refractivity contribution in [2.24, 2.45) is 0 Å². The van der Waals surface area contributed by atoms with Gasteiger partial charge in [0.05, 0.1) is 27.7 Å². The molecule has 0 bridgehead atoms. The van der Waals surface area contributed by atoms with Crippen molar-refractivity contribution in [1.82, 2.24) is 0 Å². The molecule has 0 aliphatic heterocycles. The van der Waals surface area contributed by atoms with Gasteiger partial charge in [-0.05, 0) is 89.9 Å². The van der Waals surface area contributed by atoms with Crippen LogP contribution in [-0.4, -0.2) is 74.9 Å². The summed E-state index contributed by atoms with van der Waals surface area (Å²) in [5.74, 6) is -0.776. The van der Waals surface area contributed by atoms with Crippen molar-refractivity contribution in [3.8, 4) is 0 Å². The van der Waals surface area contributed by atoms with Gasteiger partial charge in [0.1, 0.15) is 19.8 Å². The molecular weight excluding hydrogens is 1210 g/mol. The van der Waals surface area contributed by atoms with Crippen LogP contribution in [0.5, 0.6) is 0 Å². The molecule has 10 heteroatoms. The zero-order valence-electron chi connectivity index (χ0n) is 64.1. The highest BCUT2D eigenvalue weighted by atomic mass is 31.2. The smallest absolute Gasteiger partial charge is 0.462 e. The molecule has 1 N–H and O–H groups in total. The van der Waals surface area contributed by atoms with Crippen LogP contribution >= 0.6 is 7.82 Å². The normalized spacial score (nSPS) is 13.4. The standard InChI is InChI=1S/C86H158NO8P/c1-6-8-10-12-14-16-18-20-22-24-26-28-30-32-34-36-38-40-42-43-45-47-49-51-53-55-57-59-61-63-65-67-69-71-73-75-77-79-86(89)95-84(83-94-96(90,91)93-81-80-87(3,4)5)82-92-85(88)78-76-74-72-70-68-66-64-62-60-58-56-54-52-50-48-46-44-41-39-37-35-33-31-29-27-25-23-21-19-17-15-13-11-9-7-2/h8,10,14,16,19-22,25-28,32,34,84H,6-7,9,11-13,15,17-18,23-24,29-31,33,35-83H2,1-5H3/p+1/b10-8-,16-14-,21-19-,22-20-,27-25-,28-26-,34-32-. The number of phosphoric ester groups is 1. The topological polar surface area (TPSA) is 108 Å². The summed E-state index contributed by atoms with van der Waals surface area (Å²) in [4.78, 5) is 36.0. The quantitative estimate of drug-likeness (QED) is 0.0211. The summed E-state index contributed by atoms with van der Waals surface area (Å²) in [7, 11) is 1.50. The van der Waals surface area contributed by atoms with Gasteiger partial charge in [0.2, 0.25) is 0 Å². The van der Waals surface area contributed by atoms with Crippen molar-refractivity contribution in [1.29, 1.82) is 0 Å². The molecule has 0 aliphatic carbocycles. The highest BCUT2D eigenvalue weighted by Crippen LogP contribution is 2.43. The average Bonchev–Trinajstić information content (AvgIpc) is 2.72. The van der Waals surface area contributed by atoms with Crippen LogP contribution < -0.4 is 0 Å². The molecule has 2 unspecified atom stereocenters. The van der Waals surface area contributed by atoms with Gasteiger partial charge in [-0.25, -0.2) is 4.57 Å². The van der Waals surface area contributed by atoms with E-state index in [0.29, 0.717) is 23.9 Å². The van der Waals surface area contributed by atoms with Gasteiger partial charge in [0.25, 0.3) is 0 Å². The second-order valence-electron chi connectivity index (χ2n) is 29.1. The maximum absolute atomic E-state index is 12.9. The van der Waals surface area contributed by atoms with E-state index in [4.69, 9.17) is 18.5 Å². The molecule has 0 heterocycles. The molecule has 0 saturated heterocycles. The summed E-state index contributed by atoms with van der Waals surface area (Å²) >= 11 is 0. The number of hydrogen-bond donors (Lipinski definition) is 1. The first kappa shape index (κ1) is 93.2. The number of ether oxygens (including phenoxy) is 2. The van der Waals surface area contributed by atoms with Crippen molar-refractivity contribution in [2.45, 2.75) is 405 Å². The van der Waals surface area contributed by atoms with Crippen LogP contribution in [0.25, 0.3) is 0 Å². The maximum atomic E-state index is 12.9. The van der Waals surface area contributed by atoms with E-state index in [2.05, 4.69) is 98.9 Å². The Kier molecular flexibility index (Phi) is 74.1. The molecule has 0 aromatic heterocycles. The van der Waals surface area contributed by atoms with E-state index in [1.54, 1.807) is 0 Å². The van der Waals surface area contributed by atoms with Gasteiger partial charge >= 0.3 is 19.8 Å². The van der Waals surface area contributed by atoms with E-state index in [9.17, 15) is 19.0 Å². The third-order valence-corrected chi connectivity index (χ3v) is 19.4. The van der Waals surface area contributed by atoms with Gasteiger partial charge in [-0.1, -0.05) is 381 Å². The second-order valence-corrected chi connectivity index (χ2v) is 30.6. The summed E-state index contributed by atoms with van der Waals surface area (Å²) in [6.45, 7) is 4.37. The molecule has 0 radical (unpaired) electrons. The van der Waals surface area contributed by atoms with E-state index in [1.807, 2.05) is 21.1 Å². The molecule has 0 aromatic carbocycles. The number of carbonyl (C=O) groups excluding carboxylic acids is 2. The van der Waals surface area contributed by atoms with Crippen LogP contribution in [0, 0.1) is 0 Å². The van der Waals surface area contributed by atoms with Gasteiger partial charge in [-0.2, -0.15) is 0 Å². The molecule has 2 atom stereocenters. The van der Waals surface area contributed by atoms with Crippen molar-refractivity contribution in [2.75, 3.05) is 47.5 Å². The Bertz CT molecular complexity index is 1900. The Balaban J connectivity index is 3.91. The van der Waals surface area contributed by atoms with Gasteiger partial charge in [-0.3, -0.25) is 18.6 Å². The second kappa shape index (κ2) is 76.4. The number of likely N-dealkylation sites (N-methyl/N-ethyl adjacent to an activating group) is 1. The van der Waals surface area contributed by atoms with Crippen molar-refractivity contribution in [3.05, 3.63) is 85.1 Å². The zero-order chi connectivity index (χ0) is 69.7. The van der Waals surface area contributed by atoms with E-state index in [1.165, 1.54) is 295 Å². The van der Waals surface area contributed by atoms with Crippen LogP contribution in [0.2, 0.25) is 0 Å². The fourth-order valence-electron chi connectivity index (χ4n) is 12.1. The summed E-state index contributed by atoms with van der Waals surface area (Å²) in [6, 6.07) is 0. The largest absolute Gasteiger partial charge is 0.472 e. The van der Waals surface area contributed by atoms with Crippen molar-refractivity contribution in [3.63, 3.8) is 0 Å². The number of carbonyl (C=O) groups is 2. The van der Waals surface area contributed by atoms with E-state index >= 15 is 0 Å². The van der Waals surface area contributed by atoms with Crippen LogP contribution in [0.1, 0.15) is 399 Å². The molecule has 0 saturated carbocycles. The molecule has 0 amide bonds. The maximum Gasteiger partial charge on any atom is 0.472 e. The molecule has 0 fully saturated rings. The van der Waals surface area contributed by atoms with Crippen LogP contribution in [0.4, 0.5) is 0 Å². The summed E-state index contributed by atoms with van der Waals surface area (Å²) < 4.78 is 34.9. The van der Waals surface area contributed by atoms with Gasteiger partial charge in [0, 0.05) is 12.8 Å². The lowest BCUT2D eigenvalue weighted by atomic mass is 10.0. The molecular formula is C86H159NO8P+. The third kappa shape index (κ3) is 80.2. The number of phosphoric acid groups is 1. The lowest BCUT2D eigenvalue weighted by molar-refractivity contribution is -0.870. The van der Waals surface area contributed by atoms with Crippen molar-refractivity contribution >= 4 is 19.8 Å². The Morgan fingerprint density at radius 1 is 0.333 bits per heavy atom. The number of hydrogen-bond acceptors (Lipinski definition) is 7. The lowest BCUT2D eigenvalue weighted by Gasteiger charge is -2.24.